The first-order valence-corrected chi connectivity index (χ1v) is 8.87. The number of rotatable bonds is 5. The SMILES string of the molecule is CC(C)C(NC(=O)CC1CCCCC1)c1nc2ccccc2[nH]1. The van der Waals surface area contributed by atoms with Gasteiger partial charge in [-0.2, -0.15) is 0 Å². The van der Waals surface area contributed by atoms with Crippen LogP contribution in [0.4, 0.5) is 0 Å². The van der Waals surface area contributed by atoms with Crippen LogP contribution in [-0.2, 0) is 4.79 Å². The number of nitrogens with zero attached hydrogens (tertiary/aromatic N) is 1. The van der Waals surface area contributed by atoms with Crippen LogP contribution in [0.1, 0.15) is 64.2 Å². The van der Waals surface area contributed by atoms with Gasteiger partial charge in [0.15, 0.2) is 0 Å². The van der Waals surface area contributed by atoms with Gasteiger partial charge in [-0.25, -0.2) is 4.98 Å². The van der Waals surface area contributed by atoms with Gasteiger partial charge in [-0.3, -0.25) is 4.79 Å². The van der Waals surface area contributed by atoms with Crippen LogP contribution in [0.15, 0.2) is 24.3 Å². The minimum absolute atomic E-state index is 0.0570. The zero-order valence-electron chi connectivity index (χ0n) is 14.1. The number of amides is 1. The maximum Gasteiger partial charge on any atom is 0.220 e. The van der Waals surface area contributed by atoms with Crippen LogP contribution in [0.2, 0.25) is 0 Å². The van der Waals surface area contributed by atoms with Gasteiger partial charge in [0.2, 0.25) is 5.91 Å². The van der Waals surface area contributed by atoms with Crippen molar-refractivity contribution >= 4 is 16.9 Å². The summed E-state index contributed by atoms with van der Waals surface area (Å²) in [7, 11) is 0. The normalized spacial score (nSPS) is 17.5. The Bertz CT molecular complexity index is 622. The molecule has 1 aliphatic carbocycles. The molecule has 4 heteroatoms. The second-order valence-corrected chi connectivity index (χ2v) is 7.14. The fraction of sp³-hybridized carbons (Fsp3) is 0.579. The minimum atomic E-state index is -0.0570. The van der Waals surface area contributed by atoms with Crippen LogP contribution in [0, 0.1) is 11.8 Å². The first-order chi connectivity index (χ1) is 11.1. The lowest BCUT2D eigenvalue weighted by atomic mass is 9.86. The molecule has 1 aromatic carbocycles. The molecule has 1 unspecified atom stereocenters. The average Bonchev–Trinajstić information content (AvgIpc) is 2.97. The molecule has 1 atom stereocenters. The Hall–Kier alpha value is -1.84. The third-order valence-electron chi connectivity index (χ3n) is 4.88. The maximum atomic E-state index is 12.5. The van der Waals surface area contributed by atoms with Gasteiger partial charge in [0, 0.05) is 6.42 Å². The quantitative estimate of drug-likeness (QED) is 0.862. The molecule has 1 saturated carbocycles. The predicted molar refractivity (Wildman–Crippen MR) is 93.0 cm³/mol. The number of H-pyrrole nitrogens is 1. The number of fused-ring (bicyclic) bond motifs is 1. The van der Waals surface area contributed by atoms with E-state index in [1.807, 2.05) is 24.3 Å². The molecule has 4 nitrogen and oxygen atoms in total. The third kappa shape index (κ3) is 3.92. The zero-order chi connectivity index (χ0) is 16.2. The van der Waals surface area contributed by atoms with Crippen molar-refractivity contribution < 1.29 is 4.79 Å². The molecular weight excluding hydrogens is 286 g/mol. The van der Waals surface area contributed by atoms with Crippen molar-refractivity contribution in [2.45, 2.75) is 58.4 Å². The lowest BCUT2D eigenvalue weighted by Gasteiger charge is -2.24. The van der Waals surface area contributed by atoms with Crippen LogP contribution in [0.25, 0.3) is 11.0 Å². The molecule has 3 rings (SSSR count). The average molecular weight is 313 g/mol. The maximum absolute atomic E-state index is 12.5. The summed E-state index contributed by atoms with van der Waals surface area (Å²) in [6.45, 7) is 4.25. The summed E-state index contributed by atoms with van der Waals surface area (Å²) in [6.07, 6.45) is 6.92. The van der Waals surface area contributed by atoms with Gasteiger partial charge in [-0.1, -0.05) is 45.2 Å². The molecule has 1 fully saturated rings. The highest BCUT2D eigenvalue weighted by molar-refractivity contribution is 5.77. The first-order valence-electron chi connectivity index (χ1n) is 8.87. The Labute approximate surface area is 138 Å². The highest BCUT2D eigenvalue weighted by Gasteiger charge is 2.24. The lowest BCUT2D eigenvalue weighted by Crippen LogP contribution is -2.33. The van der Waals surface area contributed by atoms with E-state index in [2.05, 4.69) is 29.1 Å². The number of imidazole rings is 1. The van der Waals surface area contributed by atoms with Gasteiger partial charge in [-0.05, 0) is 36.8 Å². The van der Waals surface area contributed by atoms with Crippen molar-refractivity contribution in [1.82, 2.24) is 15.3 Å². The van der Waals surface area contributed by atoms with Crippen molar-refractivity contribution in [3.63, 3.8) is 0 Å². The third-order valence-corrected chi connectivity index (χ3v) is 4.88. The van der Waals surface area contributed by atoms with E-state index in [4.69, 9.17) is 0 Å². The highest BCUT2D eigenvalue weighted by atomic mass is 16.1. The smallest absolute Gasteiger partial charge is 0.220 e. The summed E-state index contributed by atoms with van der Waals surface area (Å²) in [5.74, 6) is 1.88. The van der Waals surface area contributed by atoms with Crippen LogP contribution < -0.4 is 5.32 Å². The Kier molecular flexibility index (Phi) is 4.99. The fourth-order valence-electron chi connectivity index (χ4n) is 3.56. The fourth-order valence-corrected chi connectivity index (χ4v) is 3.56. The topological polar surface area (TPSA) is 57.8 Å². The van der Waals surface area contributed by atoms with E-state index < -0.39 is 0 Å². The predicted octanol–water partition coefficient (Wildman–Crippen LogP) is 4.35. The van der Waals surface area contributed by atoms with Crippen molar-refractivity contribution in [3.05, 3.63) is 30.1 Å². The number of hydrogen-bond donors (Lipinski definition) is 2. The number of aromatic amines is 1. The van der Waals surface area contributed by atoms with Crippen LogP contribution in [0.3, 0.4) is 0 Å². The summed E-state index contributed by atoms with van der Waals surface area (Å²) in [6, 6.07) is 7.94. The van der Waals surface area contributed by atoms with Crippen LogP contribution in [0.5, 0.6) is 0 Å². The van der Waals surface area contributed by atoms with E-state index in [1.165, 1.54) is 32.1 Å². The number of aromatic nitrogens is 2. The monoisotopic (exact) mass is 313 g/mol. The van der Waals surface area contributed by atoms with E-state index in [0.717, 1.165) is 16.9 Å². The molecule has 0 bridgehead atoms. The summed E-state index contributed by atoms with van der Waals surface area (Å²) in [5.41, 5.74) is 1.98. The zero-order valence-corrected chi connectivity index (χ0v) is 14.1. The molecule has 0 aliphatic heterocycles. The molecule has 1 aromatic heterocycles. The number of carbonyl (C=O) groups is 1. The molecule has 124 valence electrons. The van der Waals surface area contributed by atoms with Gasteiger partial charge < -0.3 is 10.3 Å². The molecule has 0 radical (unpaired) electrons. The summed E-state index contributed by atoms with van der Waals surface area (Å²) in [5, 5.41) is 3.21. The van der Waals surface area contributed by atoms with Gasteiger partial charge in [-0.15, -0.1) is 0 Å². The van der Waals surface area contributed by atoms with E-state index in [9.17, 15) is 4.79 Å². The summed E-state index contributed by atoms with van der Waals surface area (Å²) in [4.78, 5) is 20.5. The Balaban J connectivity index is 1.69. The van der Waals surface area contributed by atoms with Crippen molar-refractivity contribution in [1.29, 1.82) is 0 Å². The molecular formula is C19H27N3O. The van der Waals surface area contributed by atoms with E-state index in [1.54, 1.807) is 0 Å². The van der Waals surface area contributed by atoms with E-state index in [0.29, 0.717) is 18.3 Å². The second-order valence-electron chi connectivity index (χ2n) is 7.14. The number of benzene rings is 1. The van der Waals surface area contributed by atoms with E-state index in [-0.39, 0.29) is 11.9 Å². The van der Waals surface area contributed by atoms with Crippen molar-refractivity contribution in [2.24, 2.45) is 11.8 Å². The number of hydrogen-bond acceptors (Lipinski definition) is 2. The molecule has 0 spiro atoms. The van der Waals surface area contributed by atoms with Crippen LogP contribution >= 0.6 is 0 Å². The summed E-state index contributed by atoms with van der Waals surface area (Å²) >= 11 is 0. The standard InChI is InChI=1S/C19H27N3O/c1-13(2)18(19-20-15-10-6-7-11-16(15)21-19)22-17(23)12-14-8-4-3-5-9-14/h6-7,10-11,13-14,18H,3-5,8-9,12H2,1-2H3,(H,20,21)(H,22,23). The largest absolute Gasteiger partial charge is 0.346 e. The lowest BCUT2D eigenvalue weighted by molar-refractivity contribution is -0.123. The highest BCUT2D eigenvalue weighted by Crippen LogP contribution is 2.27. The first kappa shape index (κ1) is 16.0. The van der Waals surface area contributed by atoms with Crippen LogP contribution in [-0.4, -0.2) is 15.9 Å². The number of nitrogens with one attached hydrogen (secondary N) is 2. The number of para-hydroxylation sites is 2. The Morgan fingerprint density at radius 2 is 2.00 bits per heavy atom. The van der Waals surface area contributed by atoms with Gasteiger partial charge in [0.25, 0.3) is 0 Å². The molecule has 23 heavy (non-hydrogen) atoms. The van der Waals surface area contributed by atoms with E-state index >= 15 is 0 Å². The Morgan fingerprint density at radius 3 is 2.70 bits per heavy atom. The second kappa shape index (κ2) is 7.16. The molecule has 1 amide bonds. The Morgan fingerprint density at radius 1 is 1.26 bits per heavy atom. The molecule has 0 saturated heterocycles. The molecule has 2 aromatic rings. The molecule has 1 heterocycles. The van der Waals surface area contributed by atoms with Gasteiger partial charge >= 0.3 is 0 Å². The molecule has 1 aliphatic rings. The number of carbonyl (C=O) groups excluding carboxylic acids is 1. The van der Waals surface area contributed by atoms with Gasteiger partial charge in [0.05, 0.1) is 17.1 Å². The minimum Gasteiger partial charge on any atom is -0.346 e. The summed E-state index contributed by atoms with van der Waals surface area (Å²) < 4.78 is 0. The molecule has 2 N–H and O–H groups in total. The van der Waals surface area contributed by atoms with Gasteiger partial charge in [0.1, 0.15) is 5.82 Å². The van der Waals surface area contributed by atoms with Crippen molar-refractivity contribution in [3.8, 4) is 0 Å². The van der Waals surface area contributed by atoms with Crippen molar-refractivity contribution in [2.75, 3.05) is 0 Å².